The molecular weight excluding hydrogens is 462 g/mol. The summed E-state index contributed by atoms with van der Waals surface area (Å²) in [5, 5.41) is 0. The summed E-state index contributed by atoms with van der Waals surface area (Å²) >= 11 is 0. The van der Waals surface area contributed by atoms with E-state index in [9.17, 15) is 4.53 Å². The second-order valence-corrected chi connectivity index (χ2v) is 13.5. The highest BCUT2D eigenvalue weighted by Crippen LogP contribution is 2.60. The van der Waals surface area contributed by atoms with Crippen LogP contribution >= 0.6 is 10.0 Å². The van der Waals surface area contributed by atoms with Crippen LogP contribution in [0.15, 0.2) is 65.6 Å². The summed E-state index contributed by atoms with van der Waals surface area (Å²) in [4.78, 5) is 5.13. The maximum atomic E-state index is 15.3. The SMILES string of the molecule is CCCC(CC)Oc1ccc(C2=C(c3ccc(C)cc3F)CS(C)(C)c3cc(OF)ccc32)cc1. The van der Waals surface area contributed by atoms with Crippen molar-refractivity contribution in [1.29, 1.82) is 0 Å². The normalized spacial score (nSPS) is 16.4. The smallest absolute Gasteiger partial charge is 0.173 e. The maximum absolute atomic E-state index is 15.3. The molecule has 1 atom stereocenters. The molecule has 1 aliphatic rings. The molecule has 186 valence electrons. The van der Waals surface area contributed by atoms with Crippen LogP contribution in [0.25, 0.3) is 11.1 Å². The van der Waals surface area contributed by atoms with Gasteiger partial charge in [-0.3, -0.25) is 4.94 Å². The van der Waals surface area contributed by atoms with Gasteiger partial charge < -0.3 is 4.74 Å². The predicted molar refractivity (Wildman–Crippen MR) is 144 cm³/mol. The molecule has 5 heteroatoms. The van der Waals surface area contributed by atoms with Crippen LogP contribution in [0, 0.1) is 12.7 Å². The number of ether oxygens (including phenoxy) is 1. The molecule has 0 radical (unpaired) electrons. The number of aryl methyl sites for hydroxylation is 1. The van der Waals surface area contributed by atoms with Gasteiger partial charge >= 0.3 is 0 Å². The second kappa shape index (κ2) is 10.4. The molecule has 35 heavy (non-hydrogen) atoms. The Kier molecular flexibility index (Phi) is 7.56. The van der Waals surface area contributed by atoms with Crippen LogP contribution < -0.4 is 9.68 Å². The van der Waals surface area contributed by atoms with Crippen molar-refractivity contribution >= 4 is 21.2 Å². The summed E-state index contributed by atoms with van der Waals surface area (Å²) in [6, 6.07) is 18.8. The lowest BCUT2D eigenvalue weighted by molar-refractivity contribution is -0.00647. The summed E-state index contributed by atoms with van der Waals surface area (Å²) in [6.45, 7) is 6.20. The Bertz CT molecular complexity index is 1230. The first-order valence-electron chi connectivity index (χ1n) is 12.2. The third-order valence-electron chi connectivity index (χ3n) is 6.68. The molecule has 1 aliphatic heterocycles. The highest BCUT2D eigenvalue weighted by atomic mass is 32.3. The van der Waals surface area contributed by atoms with Crippen molar-refractivity contribution in [3.63, 3.8) is 0 Å². The summed E-state index contributed by atoms with van der Waals surface area (Å²) < 4.78 is 34.5. The van der Waals surface area contributed by atoms with Gasteiger partial charge in [0.05, 0.1) is 6.10 Å². The molecule has 0 saturated carbocycles. The van der Waals surface area contributed by atoms with Crippen LogP contribution in [0.2, 0.25) is 0 Å². The van der Waals surface area contributed by atoms with Gasteiger partial charge in [-0.15, -0.1) is 0 Å². The van der Waals surface area contributed by atoms with E-state index in [1.54, 1.807) is 18.2 Å². The first-order valence-corrected chi connectivity index (χ1v) is 14.8. The molecule has 2 nitrogen and oxygen atoms in total. The van der Waals surface area contributed by atoms with Crippen molar-refractivity contribution in [3.05, 3.63) is 88.7 Å². The minimum Gasteiger partial charge on any atom is -0.490 e. The van der Waals surface area contributed by atoms with Gasteiger partial charge in [0.2, 0.25) is 0 Å². The van der Waals surface area contributed by atoms with Crippen molar-refractivity contribution in [3.8, 4) is 11.5 Å². The largest absolute Gasteiger partial charge is 0.490 e. The van der Waals surface area contributed by atoms with E-state index >= 15 is 4.39 Å². The van der Waals surface area contributed by atoms with Crippen LogP contribution in [-0.2, 0) is 0 Å². The van der Waals surface area contributed by atoms with Gasteiger partial charge in [-0.2, -0.15) is 0 Å². The molecule has 3 aromatic carbocycles. The first kappa shape index (κ1) is 25.3. The van der Waals surface area contributed by atoms with E-state index in [-0.39, 0.29) is 17.7 Å². The van der Waals surface area contributed by atoms with E-state index in [0.29, 0.717) is 11.3 Å². The highest BCUT2D eigenvalue weighted by molar-refractivity contribution is 8.33. The number of fused-ring (bicyclic) bond motifs is 1. The van der Waals surface area contributed by atoms with Gasteiger partial charge in [0.1, 0.15) is 11.6 Å². The van der Waals surface area contributed by atoms with E-state index in [2.05, 4.69) is 31.3 Å². The fourth-order valence-corrected chi connectivity index (χ4v) is 7.23. The Hall–Kier alpha value is -2.79. The lowest BCUT2D eigenvalue weighted by Gasteiger charge is -2.40. The summed E-state index contributed by atoms with van der Waals surface area (Å²) in [7, 11) is -1.37. The van der Waals surface area contributed by atoms with Crippen molar-refractivity contribution < 1.29 is 18.6 Å². The molecule has 0 aromatic heterocycles. The second-order valence-electron chi connectivity index (χ2n) is 9.72. The Balaban J connectivity index is 1.88. The van der Waals surface area contributed by atoms with E-state index in [1.807, 2.05) is 49.4 Å². The Labute approximate surface area is 209 Å². The molecule has 0 N–H and O–H groups in total. The zero-order valence-electron chi connectivity index (χ0n) is 21.2. The summed E-state index contributed by atoms with van der Waals surface area (Å²) in [5.41, 5.74) is 5.46. The molecule has 0 saturated heterocycles. The van der Waals surface area contributed by atoms with E-state index in [4.69, 9.17) is 4.74 Å². The quantitative estimate of drug-likeness (QED) is 0.310. The van der Waals surface area contributed by atoms with E-state index in [0.717, 1.165) is 57.7 Å². The maximum Gasteiger partial charge on any atom is 0.173 e. The Morgan fingerprint density at radius 1 is 0.914 bits per heavy atom. The lowest BCUT2D eigenvalue weighted by atomic mass is 9.89. The predicted octanol–water partition coefficient (Wildman–Crippen LogP) is 8.75. The monoisotopic (exact) mass is 496 g/mol. The summed E-state index contributed by atoms with van der Waals surface area (Å²) in [6.07, 6.45) is 7.63. The van der Waals surface area contributed by atoms with Gasteiger partial charge in [0.15, 0.2) is 5.75 Å². The van der Waals surface area contributed by atoms with Gasteiger partial charge in [-0.1, -0.05) is 44.5 Å². The number of hydrogen-bond donors (Lipinski definition) is 0. The fourth-order valence-electron chi connectivity index (χ4n) is 4.86. The number of halogens is 2. The number of benzene rings is 3. The zero-order chi connectivity index (χ0) is 25.2. The van der Waals surface area contributed by atoms with Crippen molar-refractivity contribution in [1.82, 2.24) is 0 Å². The highest BCUT2D eigenvalue weighted by Gasteiger charge is 2.32. The van der Waals surface area contributed by atoms with Crippen LogP contribution in [0.5, 0.6) is 11.5 Å². The molecule has 0 bridgehead atoms. The molecule has 0 fully saturated rings. The molecule has 1 heterocycles. The van der Waals surface area contributed by atoms with Crippen LogP contribution in [-0.4, -0.2) is 24.4 Å². The Morgan fingerprint density at radius 2 is 1.60 bits per heavy atom. The topological polar surface area (TPSA) is 18.5 Å². The number of hydrogen-bond acceptors (Lipinski definition) is 2. The van der Waals surface area contributed by atoms with Crippen LogP contribution in [0.3, 0.4) is 0 Å². The van der Waals surface area contributed by atoms with Crippen molar-refractivity contribution in [2.24, 2.45) is 0 Å². The summed E-state index contributed by atoms with van der Waals surface area (Å²) in [5.74, 6) is 1.50. The average molecular weight is 497 g/mol. The third-order valence-corrected chi connectivity index (χ3v) is 9.21. The van der Waals surface area contributed by atoms with Gasteiger partial charge in [-0.05, 0) is 96.5 Å². The molecule has 3 aromatic rings. The van der Waals surface area contributed by atoms with E-state index in [1.165, 1.54) is 0 Å². The Morgan fingerprint density at radius 3 is 2.23 bits per heavy atom. The van der Waals surface area contributed by atoms with Crippen molar-refractivity contribution in [2.75, 3.05) is 18.3 Å². The van der Waals surface area contributed by atoms with Crippen LogP contribution in [0.4, 0.5) is 8.92 Å². The van der Waals surface area contributed by atoms with E-state index < -0.39 is 10.0 Å². The standard InChI is InChI=1S/C30H34F2O2S/c1-6-8-22(7-2)33-23-12-10-21(11-13-23)30-26-16-14-24(34-32)18-29(26)35(4,5)19-27(30)25-15-9-20(3)17-28(25)31/h9-18,22H,6-8,19H2,1-5H3. The zero-order valence-corrected chi connectivity index (χ0v) is 22.0. The fraction of sp³-hybridized carbons (Fsp3) is 0.333. The van der Waals surface area contributed by atoms with Crippen molar-refractivity contribution in [2.45, 2.75) is 51.0 Å². The molecule has 0 aliphatic carbocycles. The molecular formula is C30H34F2O2S. The van der Waals surface area contributed by atoms with Gasteiger partial charge in [-0.25, -0.2) is 14.4 Å². The number of rotatable bonds is 8. The third kappa shape index (κ3) is 5.25. The molecule has 1 unspecified atom stereocenters. The van der Waals surface area contributed by atoms with Gasteiger partial charge in [0.25, 0.3) is 0 Å². The van der Waals surface area contributed by atoms with Gasteiger partial charge in [0, 0.05) is 20.7 Å². The molecule has 0 spiro atoms. The lowest BCUT2D eigenvalue weighted by Crippen LogP contribution is -2.16. The van der Waals surface area contributed by atoms with Crippen LogP contribution in [0.1, 0.15) is 55.4 Å². The minimum atomic E-state index is -1.37. The minimum absolute atomic E-state index is 0.193. The molecule has 0 amide bonds. The average Bonchev–Trinajstić information content (AvgIpc) is 2.84. The molecule has 4 rings (SSSR count). The first-order chi connectivity index (χ1) is 16.8.